The highest BCUT2D eigenvalue weighted by atomic mass is 79.9. The molecule has 8 heteroatoms. The molecule has 1 aliphatic rings. The maximum Gasteiger partial charge on any atom is 0.256 e. The molecular formula is C21H21BrN4O2S. The number of carbonyl (C=O) groups excluding carboxylic acids is 1. The van der Waals surface area contributed by atoms with E-state index in [1.807, 2.05) is 54.3 Å². The summed E-state index contributed by atoms with van der Waals surface area (Å²) in [5, 5.41) is 4.67. The van der Waals surface area contributed by atoms with Crippen LogP contribution in [0.5, 0.6) is 0 Å². The Bertz CT molecular complexity index is 984. The molecule has 0 aliphatic carbocycles. The van der Waals surface area contributed by atoms with Gasteiger partial charge in [-0.15, -0.1) is 0 Å². The number of nitrogens with zero attached hydrogens (tertiary/aromatic N) is 4. The molecule has 2 aromatic heterocycles. The lowest BCUT2D eigenvalue weighted by Gasteiger charge is -2.34. The van der Waals surface area contributed by atoms with Crippen LogP contribution in [-0.4, -0.2) is 52.0 Å². The van der Waals surface area contributed by atoms with Crippen molar-refractivity contribution in [1.29, 1.82) is 0 Å². The Hall–Kier alpha value is -2.16. The first-order chi connectivity index (χ1) is 14.1. The number of hydrogen-bond acceptors (Lipinski definition) is 6. The quantitative estimate of drug-likeness (QED) is 0.552. The average Bonchev–Trinajstić information content (AvgIpc) is 3.15. The minimum absolute atomic E-state index is 0.0351. The zero-order valence-electron chi connectivity index (χ0n) is 16.0. The number of amides is 1. The number of carbonyl (C=O) groups is 1. The maximum absolute atomic E-state index is 13.2. The molecule has 0 radical (unpaired) electrons. The zero-order valence-corrected chi connectivity index (χ0v) is 18.4. The summed E-state index contributed by atoms with van der Waals surface area (Å²) in [5.74, 6) is 0.899. The smallest absolute Gasteiger partial charge is 0.256 e. The Kier molecular flexibility index (Phi) is 6.32. The van der Waals surface area contributed by atoms with Crippen molar-refractivity contribution in [1.82, 2.24) is 19.9 Å². The lowest BCUT2D eigenvalue weighted by atomic mass is 10.2. The Morgan fingerprint density at radius 3 is 2.62 bits per heavy atom. The van der Waals surface area contributed by atoms with Gasteiger partial charge in [-0.25, -0.2) is 4.98 Å². The Labute approximate surface area is 182 Å². The van der Waals surface area contributed by atoms with Gasteiger partial charge in [-0.3, -0.25) is 9.69 Å². The van der Waals surface area contributed by atoms with Crippen LogP contribution < -0.4 is 0 Å². The van der Waals surface area contributed by atoms with Gasteiger partial charge in [0.15, 0.2) is 5.76 Å². The first-order valence-corrected chi connectivity index (χ1v) is 11.0. The molecule has 6 nitrogen and oxygen atoms in total. The largest absolute Gasteiger partial charge is 0.360 e. The minimum Gasteiger partial charge on any atom is -0.360 e. The second-order valence-electron chi connectivity index (χ2n) is 6.92. The maximum atomic E-state index is 13.2. The van der Waals surface area contributed by atoms with Crippen LogP contribution in [0.15, 0.2) is 67.6 Å². The van der Waals surface area contributed by atoms with Crippen LogP contribution in [0.1, 0.15) is 21.8 Å². The first kappa shape index (κ1) is 20.1. The molecule has 0 bridgehead atoms. The topological polar surface area (TPSA) is 62.5 Å². The number of halogens is 1. The van der Waals surface area contributed by atoms with E-state index in [2.05, 4.69) is 31.0 Å². The molecule has 1 amide bonds. The minimum atomic E-state index is 0.0351. The van der Waals surface area contributed by atoms with E-state index in [1.165, 1.54) is 11.8 Å². The summed E-state index contributed by atoms with van der Waals surface area (Å²) in [4.78, 5) is 22.8. The van der Waals surface area contributed by atoms with Crippen LogP contribution in [0.2, 0.25) is 0 Å². The Morgan fingerprint density at radius 1 is 1.17 bits per heavy atom. The fourth-order valence-electron chi connectivity index (χ4n) is 3.24. The van der Waals surface area contributed by atoms with Crippen molar-refractivity contribution in [3.05, 3.63) is 70.2 Å². The van der Waals surface area contributed by atoms with E-state index in [9.17, 15) is 4.79 Å². The monoisotopic (exact) mass is 472 g/mol. The van der Waals surface area contributed by atoms with Gasteiger partial charge in [0.2, 0.25) is 0 Å². The standard InChI is InChI=1S/C21H21BrN4O2S/c1-15-13-17(28-24-15)14-25-9-11-26(12-10-25)21(27)19-3-2-8-23-20(19)29-18-6-4-16(22)5-7-18/h2-8,13H,9-12,14H2,1H3. The molecular weight excluding hydrogens is 452 g/mol. The van der Waals surface area contributed by atoms with Crippen molar-refractivity contribution >= 4 is 33.6 Å². The van der Waals surface area contributed by atoms with Crippen LogP contribution in [0.25, 0.3) is 0 Å². The van der Waals surface area contributed by atoms with Crippen LogP contribution in [0, 0.1) is 6.92 Å². The molecule has 0 atom stereocenters. The van der Waals surface area contributed by atoms with E-state index in [0.29, 0.717) is 18.7 Å². The van der Waals surface area contributed by atoms with Gasteiger partial charge in [0.1, 0.15) is 5.03 Å². The molecule has 3 heterocycles. The van der Waals surface area contributed by atoms with Crippen molar-refractivity contribution in [3.8, 4) is 0 Å². The first-order valence-electron chi connectivity index (χ1n) is 9.41. The summed E-state index contributed by atoms with van der Waals surface area (Å²) in [6.45, 7) is 5.62. The van der Waals surface area contributed by atoms with E-state index >= 15 is 0 Å². The third-order valence-corrected chi connectivity index (χ3v) is 6.30. The van der Waals surface area contributed by atoms with Crippen molar-refractivity contribution in [2.24, 2.45) is 0 Å². The zero-order chi connectivity index (χ0) is 20.2. The number of hydrogen-bond donors (Lipinski definition) is 0. The summed E-state index contributed by atoms with van der Waals surface area (Å²) in [6, 6.07) is 13.6. The number of pyridine rings is 1. The van der Waals surface area contributed by atoms with E-state index in [-0.39, 0.29) is 5.91 Å². The van der Waals surface area contributed by atoms with E-state index < -0.39 is 0 Å². The van der Waals surface area contributed by atoms with Gasteiger partial charge in [0.05, 0.1) is 17.8 Å². The normalized spacial score (nSPS) is 14.9. The molecule has 0 spiro atoms. The lowest BCUT2D eigenvalue weighted by Crippen LogP contribution is -2.48. The van der Waals surface area contributed by atoms with Gasteiger partial charge >= 0.3 is 0 Å². The second-order valence-corrected chi connectivity index (χ2v) is 8.89. The van der Waals surface area contributed by atoms with E-state index in [0.717, 1.165) is 45.5 Å². The van der Waals surface area contributed by atoms with Crippen LogP contribution >= 0.6 is 27.7 Å². The molecule has 0 N–H and O–H groups in total. The third-order valence-electron chi connectivity index (χ3n) is 4.75. The van der Waals surface area contributed by atoms with Gasteiger partial charge in [0, 0.05) is 47.8 Å². The van der Waals surface area contributed by atoms with E-state index in [1.54, 1.807) is 6.20 Å². The molecule has 29 heavy (non-hydrogen) atoms. The van der Waals surface area contributed by atoms with Gasteiger partial charge in [-0.1, -0.05) is 32.8 Å². The molecule has 0 unspecified atom stereocenters. The predicted molar refractivity (Wildman–Crippen MR) is 115 cm³/mol. The number of benzene rings is 1. The number of aryl methyl sites for hydroxylation is 1. The van der Waals surface area contributed by atoms with Gasteiger partial charge in [-0.05, 0) is 43.3 Å². The average molecular weight is 473 g/mol. The van der Waals surface area contributed by atoms with Gasteiger partial charge < -0.3 is 9.42 Å². The number of aromatic nitrogens is 2. The molecule has 3 aromatic rings. The molecule has 1 aromatic carbocycles. The highest BCUT2D eigenvalue weighted by molar-refractivity contribution is 9.10. The summed E-state index contributed by atoms with van der Waals surface area (Å²) in [5.41, 5.74) is 1.54. The molecule has 150 valence electrons. The summed E-state index contributed by atoms with van der Waals surface area (Å²) in [7, 11) is 0. The number of piperazine rings is 1. The highest BCUT2D eigenvalue weighted by Gasteiger charge is 2.25. The molecule has 1 aliphatic heterocycles. The van der Waals surface area contributed by atoms with E-state index in [4.69, 9.17) is 4.52 Å². The van der Waals surface area contributed by atoms with Crippen molar-refractivity contribution < 1.29 is 9.32 Å². The van der Waals surface area contributed by atoms with Gasteiger partial charge in [0.25, 0.3) is 5.91 Å². The summed E-state index contributed by atoms with van der Waals surface area (Å²) in [6.07, 6.45) is 1.73. The Balaban J connectivity index is 1.40. The lowest BCUT2D eigenvalue weighted by molar-refractivity contribution is 0.0613. The number of rotatable bonds is 5. The highest BCUT2D eigenvalue weighted by Crippen LogP contribution is 2.30. The van der Waals surface area contributed by atoms with Crippen LogP contribution in [0.3, 0.4) is 0 Å². The molecule has 1 saturated heterocycles. The summed E-state index contributed by atoms with van der Waals surface area (Å²) < 4.78 is 6.33. The SMILES string of the molecule is Cc1cc(CN2CCN(C(=O)c3cccnc3Sc3ccc(Br)cc3)CC2)on1. The fourth-order valence-corrected chi connectivity index (χ4v) is 4.38. The second kappa shape index (κ2) is 9.11. The Morgan fingerprint density at radius 2 is 1.93 bits per heavy atom. The van der Waals surface area contributed by atoms with Crippen LogP contribution in [0.4, 0.5) is 0 Å². The predicted octanol–water partition coefficient (Wildman–Crippen LogP) is 4.25. The van der Waals surface area contributed by atoms with Crippen molar-refractivity contribution in [2.45, 2.75) is 23.4 Å². The summed E-state index contributed by atoms with van der Waals surface area (Å²) >= 11 is 4.96. The molecule has 0 saturated carbocycles. The fraction of sp³-hybridized carbons (Fsp3) is 0.286. The molecule has 1 fully saturated rings. The third kappa shape index (κ3) is 5.07. The van der Waals surface area contributed by atoms with Gasteiger partial charge in [-0.2, -0.15) is 0 Å². The van der Waals surface area contributed by atoms with Crippen molar-refractivity contribution in [3.63, 3.8) is 0 Å². The van der Waals surface area contributed by atoms with Crippen LogP contribution in [-0.2, 0) is 6.54 Å². The molecule has 4 rings (SSSR count). The van der Waals surface area contributed by atoms with Crippen molar-refractivity contribution in [2.75, 3.05) is 26.2 Å².